The fourth-order valence-corrected chi connectivity index (χ4v) is 3.60. The number of aromatic nitrogens is 2. The molecule has 2 heterocycles. The van der Waals surface area contributed by atoms with Crippen LogP contribution >= 0.6 is 15.9 Å². The van der Waals surface area contributed by atoms with Crippen LogP contribution in [0.3, 0.4) is 0 Å². The maximum absolute atomic E-state index is 12.7. The molecule has 0 aliphatic carbocycles. The Hall–Kier alpha value is -2.74. The van der Waals surface area contributed by atoms with Gasteiger partial charge in [-0.05, 0) is 40.5 Å². The molecule has 3 aromatic rings. The molecule has 1 amide bonds. The number of fused-ring (bicyclic) bond motifs is 1. The lowest BCUT2D eigenvalue weighted by molar-refractivity contribution is 0.0952. The highest BCUT2D eigenvalue weighted by Gasteiger charge is 2.22. The number of benzene rings is 1. The average Bonchev–Trinajstić information content (AvgIpc) is 3.08. The number of imidazole rings is 1. The van der Waals surface area contributed by atoms with E-state index in [1.165, 1.54) is 21.3 Å². The average molecular weight is 448 g/mol. The number of ether oxygens (including phenoxy) is 3. The Morgan fingerprint density at radius 3 is 2.57 bits per heavy atom. The predicted octanol–water partition coefficient (Wildman–Crippen LogP) is 3.40. The molecule has 0 spiro atoms. The van der Waals surface area contributed by atoms with Gasteiger partial charge >= 0.3 is 0 Å². The summed E-state index contributed by atoms with van der Waals surface area (Å²) >= 11 is 3.43. The monoisotopic (exact) mass is 447 g/mol. The first-order chi connectivity index (χ1) is 13.5. The van der Waals surface area contributed by atoms with Gasteiger partial charge in [0.25, 0.3) is 5.91 Å². The van der Waals surface area contributed by atoms with E-state index in [1.54, 1.807) is 6.07 Å². The molecular weight excluding hydrogens is 426 g/mol. The number of pyridine rings is 1. The van der Waals surface area contributed by atoms with E-state index in [0.717, 1.165) is 16.9 Å². The van der Waals surface area contributed by atoms with Crippen molar-refractivity contribution in [2.24, 2.45) is 0 Å². The Kier molecular flexibility index (Phi) is 6.08. The number of halogens is 1. The first-order valence-electron chi connectivity index (χ1n) is 8.69. The normalized spacial score (nSPS) is 10.8. The molecule has 7 nitrogen and oxygen atoms in total. The number of hydrogen-bond donors (Lipinski definition) is 1. The largest absolute Gasteiger partial charge is 0.493 e. The number of aryl methyl sites for hydroxylation is 1. The highest BCUT2D eigenvalue weighted by Crippen LogP contribution is 2.44. The van der Waals surface area contributed by atoms with E-state index in [-0.39, 0.29) is 5.91 Å². The molecule has 1 aromatic carbocycles. The van der Waals surface area contributed by atoms with Gasteiger partial charge in [0.15, 0.2) is 11.5 Å². The van der Waals surface area contributed by atoms with Crippen molar-refractivity contribution in [1.82, 2.24) is 14.7 Å². The van der Waals surface area contributed by atoms with Crippen LogP contribution in [0.5, 0.6) is 17.2 Å². The van der Waals surface area contributed by atoms with Crippen LogP contribution in [0.15, 0.2) is 35.1 Å². The minimum Gasteiger partial charge on any atom is -0.493 e. The molecule has 28 heavy (non-hydrogen) atoms. The number of carbonyl (C=O) groups excluding carboxylic acids is 1. The zero-order valence-electron chi connectivity index (χ0n) is 16.2. The van der Waals surface area contributed by atoms with E-state index in [2.05, 4.69) is 26.2 Å². The predicted molar refractivity (Wildman–Crippen MR) is 110 cm³/mol. The molecule has 0 atom stereocenters. The second-order valence-electron chi connectivity index (χ2n) is 6.22. The molecule has 2 aromatic heterocycles. The van der Waals surface area contributed by atoms with Gasteiger partial charge in [-0.15, -0.1) is 0 Å². The fourth-order valence-electron chi connectivity index (χ4n) is 2.96. The maximum atomic E-state index is 12.7. The SMILES string of the molecule is COc1cc(C(=O)NCCc2cn3cc(C)ccc3n2)c(Br)c(OC)c1OC. The van der Waals surface area contributed by atoms with Gasteiger partial charge in [0.2, 0.25) is 5.75 Å². The number of carbonyl (C=O) groups is 1. The Bertz CT molecular complexity index is 1020. The third-order valence-electron chi connectivity index (χ3n) is 4.33. The van der Waals surface area contributed by atoms with E-state index in [4.69, 9.17) is 14.2 Å². The highest BCUT2D eigenvalue weighted by atomic mass is 79.9. The number of hydrogen-bond acceptors (Lipinski definition) is 5. The van der Waals surface area contributed by atoms with Crippen molar-refractivity contribution in [2.45, 2.75) is 13.3 Å². The van der Waals surface area contributed by atoms with Crippen LogP contribution in [0.1, 0.15) is 21.6 Å². The lowest BCUT2D eigenvalue weighted by Crippen LogP contribution is -2.26. The van der Waals surface area contributed by atoms with E-state index in [0.29, 0.717) is 40.3 Å². The first kappa shape index (κ1) is 20.0. The van der Waals surface area contributed by atoms with E-state index >= 15 is 0 Å². The summed E-state index contributed by atoms with van der Waals surface area (Å²) in [4.78, 5) is 17.3. The van der Waals surface area contributed by atoms with Crippen LogP contribution in [0.2, 0.25) is 0 Å². The summed E-state index contributed by atoms with van der Waals surface area (Å²) in [5, 5.41) is 2.91. The molecule has 1 N–H and O–H groups in total. The van der Waals surface area contributed by atoms with Gasteiger partial charge in [0.1, 0.15) is 5.65 Å². The minimum atomic E-state index is -0.245. The first-order valence-corrected chi connectivity index (χ1v) is 9.48. The topological polar surface area (TPSA) is 74.1 Å². The zero-order valence-corrected chi connectivity index (χ0v) is 17.8. The second-order valence-corrected chi connectivity index (χ2v) is 7.01. The van der Waals surface area contributed by atoms with Crippen LogP contribution in [-0.2, 0) is 6.42 Å². The van der Waals surface area contributed by atoms with Crippen LogP contribution in [0, 0.1) is 6.92 Å². The number of amides is 1. The quantitative estimate of drug-likeness (QED) is 0.600. The Balaban J connectivity index is 1.73. The highest BCUT2D eigenvalue weighted by molar-refractivity contribution is 9.10. The number of nitrogens with one attached hydrogen (secondary N) is 1. The lowest BCUT2D eigenvalue weighted by Gasteiger charge is -2.16. The summed E-state index contributed by atoms with van der Waals surface area (Å²) in [6.45, 7) is 2.49. The summed E-state index contributed by atoms with van der Waals surface area (Å²) in [6, 6.07) is 5.62. The molecule has 3 rings (SSSR count). The van der Waals surface area contributed by atoms with Crippen LogP contribution in [-0.4, -0.2) is 43.2 Å². The van der Waals surface area contributed by atoms with Gasteiger partial charge in [0, 0.05) is 25.4 Å². The van der Waals surface area contributed by atoms with Crippen molar-refractivity contribution in [3.05, 3.63) is 51.9 Å². The third-order valence-corrected chi connectivity index (χ3v) is 5.12. The Labute approximate surface area is 171 Å². The Morgan fingerprint density at radius 2 is 1.89 bits per heavy atom. The minimum absolute atomic E-state index is 0.245. The molecule has 8 heteroatoms. The summed E-state index contributed by atoms with van der Waals surface area (Å²) < 4.78 is 18.5. The fraction of sp³-hybridized carbons (Fsp3) is 0.300. The van der Waals surface area contributed by atoms with Gasteiger partial charge in [0.05, 0.1) is 37.1 Å². The molecule has 0 saturated carbocycles. The van der Waals surface area contributed by atoms with Crippen LogP contribution in [0.4, 0.5) is 0 Å². The number of nitrogens with zero attached hydrogens (tertiary/aromatic N) is 2. The molecule has 148 valence electrons. The molecule has 0 bridgehead atoms. The van der Waals surface area contributed by atoms with Crippen molar-refractivity contribution in [3.8, 4) is 17.2 Å². The molecule has 0 aliphatic heterocycles. The van der Waals surface area contributed by atoms with Crippen molar-refractivity contribution in [3.63, 3.8) is 0 Å². The zero-order chi connectivity index (χ0) is 20.3. The van der Waals surface area contributed by atoms with Gasteiger partial charge in [-0.3, -0.25) is 4.79 Å². The van der Waals surface area contributed by atoms with Gasteiger partial charge in [-0.1, -0.05) is 6.07 Å². The lowest BCUT2D eigenvalue weighted by atomic mass is 10.1. The van der Waals surface area contributed by atoms with E-state index < -0.39 is 0 Å². The summed E-state index contributed by atoms with van der Waals surface area (Å²) in [5.41, 5.74) is 3.37. The summed E-state index contributed by atoms with van der Waals surface area (Å²) in [7, 11) is 4.54. The smallest absolute Gasteiger partial charge is 0.252 e. The van der Waals surface area contributed by atoms with Gasteiger partial charge in [-0.2, -0.15) is 0 Å². The number of rotatable bonds is 7. The standard InChI is InChI=1S/C20H22BrN3O4/c1-12-5-6-16-23-13(11-24(16)10-12)7-8-22-20(25)14-9-15(26-2)18(27-3)19(28-4)17(14)21/h5-6,9-11H,7-8H2,1-4H3,(H,22,25). The van der Waals surface area contributed by atoms with Gasteiger partial charge in [-0.25, -0.2) is 4.98 Å². The summed E-state index contributed by atoms with van der Waals surface area (Å²) in [6.07, 6.45) is 4.62. The molecular formula is C20H22BrN3O4. The van der Waals surface area contributed by atoms with Crippen molar-refractivity contribution in [2.75, 3.05) is 27.9 Å². The molecule has 0 saturated heterocycles. The van der Waals surface area contributed by atoms with E-state index in [9.17, 15) is 4.79 Å². The van der Waals surface area contributed by atoms with Crippen LogP contribution < -0.4 is 19.5 Å². The maximum Gasteiger partial charge on any atom is 0.252 e. The number of methoxy groups -OCH3 is 3. The van der Waals surface area contributed by atoms with Gasteiger partial charge < -0.3 is 23.9 Å². The molecule has 0 radical (unpaired) electrons. The second kappa shape index (κ2) is 8.52. The van der Waals surface area contributed by atoms with Crippen molar-refractivity contribution in [1.29, 1.82) is 0 Å². The summed E-state index contributed by atoms with van der Waals surface area (Å²) in [5.74, 6) is 1.00. The molecule has 0 aliphatic rings. The van der Waals surface area contributed by atoms with Crippen LogP contribution in [0.25, 0.3) is 5.65 Å². The van der Waals surface area contributed by atoms with E-state index in [1.807, 2.05) is 35.9 Å². The molecule has 0 unspecified atom stereocenters. The van der Waals surface area contributed by atoms with Crippen molar-refractivity contribution < 1.29 is 19.0 Å². The van der Waals surface area contributed by atoms with Crippen molar-refractivity contribution >= 4 is 27.5 Å². The Morgan fingerprint density at radius 1 is 1.14 bits per heavy atom. The third kappa shape index (κ3) is 3.91. The molecule has 0 fully saturated rings.